The van der Waals surface area contributed by atoms with Crippen LogP contribution in [0.2, 0.25) is 0 Å². The van der Waals surface area contributed by atoms with E-state index in [1.54, 1.807) is 4.90 Å². The molecular weight excluding hydrogens is 361 g/mol. The molecule has 28 heavy (non-hydrogen) atoms. The molecule has 5 rings (SSSR count). The van der Waals surface area contributed by atoms with Crippen LogP contribution in [0.5, 0.6) is 0 Å². The highest BCUT2D eigenvalue weighted by Gasteiger charge is 2.57. The predicted octanol–water partition coefficient (Wildman–Crippen LogP) is 1.55. The Morgan fingerprint density at radius 3 is 2.14 bits per heavy atom. The lowest BCUT2D eigenvalue weighted by atomic mass is 9.59. The highest BCUT2D eigenvalue weighted by molar-refractivity contribution is 6.51. The van der Waals surface area contributed by atoms with Gasteiger partial charge in [-0.1, -0.05) is 11.5 Å². The lowest BCUT2D eigenvalue weighted by molar-refractivity contribution is -0.0288. The monoisotopic (exact) mass is 389 g/mol. The van der Waals surface area contributed by atoms with Crippen LogP contribution in [0.1, 0.15) is 40.5 Å². The van der Waals surface area contributed by atoms with E-state index in [4.69, 9.17) is 14.0 Å². The molecule has 0 aromatic heterocycles. The molecule has 3 amide bonds. The molecule has 2 spiro atoms. The predicted molar refractivity (Wildman–Crippen MR) is 102 cm³/mol. The molecule has 4 heterocycles. The summed E-state index contributed by atoms with van der Waals surface area (Å²) in [6.07, 6.45) is 1.63. The summed E-state index contributed by atoms with van der Waals surface area (Å²) in [4.78, 5) is 27.5. The van der Waals surface area contributed by atoms with Crippen molar-refractivity contribution in [3.8, 4) is 0 Å². The van der Waals surface area contributed by atoms with Gasteiger partial charge in [-0.3, -0.25) is 0 Å². The fourth-order valence-electron chi connectivity index (χ4n) is 4.98. The van der Waals surface area contributed by atoms with Crippen molar-refractivity contribution in [1.29, 1.82) is 0 Å². The Kier molecular flexibility index (Phi) is 3.56. The standard InChI is InChI=1S/C19H28BN3O5/c1-16(2)17(3,4)28-20(27-16)7-13-5-18(6-13)8-22(9-18)15(25)23-10-19(11-23)12-26-14(24)21-19/h7H,5-6,8-12H2,1-4H3,(H,21,24). The summed E-state index contributed by atoms with van der Waals surface area (Å²) in [5, 5.41) is 2.81. The Hall–Kier alpha value is -1.74. The third-order valence-corrected chi connectivity index (χ3v) is 7.27. The van der Waals surface area contributed by atoms with Gasteiger partial charge in [-0.05, 0) is 40.5 Å². The largest absolute Gasteiger partial charge is 0.487 e. The lowest BCUT2D eigenvalue weighted by Gasteiger charge is -2.59. The highest BCUT2D eigenvalue weighted by atomic mass is 16.7. The zero-order valence-electron chi connectivity index (χ0n) is 17.0. The molecule has 0 aromatic rings. The summed E-state index contributed by atoms with van der Waals surface area (Å²) in [7, 11) is -0.281. The maximum Gasteiger partial charge on any atom is 0.487 e. The second-order valence-corrected chi connectivity index (χ2v) is 10.3. The number of nitrogens with zero attached hydrogens (tertiary/aromatic N) is 2. The summed E-state index contributed by atoms with van der Waals surface area (Å²) < 4.78 is 17.1. The number of nitrogens with one attached hydrogen (secondary N) is 1. The average molecular weight is 389 g/mol. The number of likely N-dealkylation sites (tertiary alicyclic amines) is 2. The molecule has 152 valence electrons. The average Bonchev–Trinajstić information content (AvgIpc) is 2.95. The molecule has 0 aromatic carbocycles. The van der Waals surface area contributed by atoms with E-state index in [2.05, 4.69) is 39.0 Å². The smallest absolute Gasteiger partial charge is 0.447 e. The number of ether oxygens (including phenoxy) is 1. The highest BCUT2D eigenvalue weighted by Crippen LogP contribution is 2.52. The van der Waals surface area contributed by atoms with Gasteiger partial charge < -0.3 is 29.2 Å². The van der Waals surface area contributed by atoms with Gasteiger partial charge in [-0.15, -0.1) is 0 Å². The number of hydrogen-bond donors (Lipinski definition) is 1. The second kappa shape index (κ2) is 5.45. The summed E-state index contributed by atoms with van der Waals surface area (Å²) in [6, 6.07) is 0.0702. The molecule has 1 N–H and O–H groups in total. The van der Waals surface area contributed by atoms with E-state index in [1.807, 2.05) is 4.90 Å². The molecule has 0 atom stereocenters. The van der Waals surface area contributed by atoms with E-state index in [0.29, 0.717) is 19.7 Å². The molecule has 1 saturated carbocycles. The lowest BCUT2D eigenvalue weighted by Crippen LogP contribution is -2.74. The molecule has 1 aliphatic carbocycles. The third kappa shape index (κ3) is 2.66. The van der Waals surface area contributed by atoms with Gasteiger partial charge in [-0.25, -0.2) is 9.59 Å². The zero-order chi connectivity index (χ0) is 19.9. The van der Waals surface area contributed by atoms with E-state index < -0.39 is 0 Å². The van der Waals surface area contributed by atoms with Crippen LogP contribution in [0.4, 0.5) is 9.59 Å². The topological polar surface area (TPSA) is 80.3 Å². The molecule has 8 nitrogen and oxygen atoms in total. The van der Waals surface area contributed by atoms with Crippen molar-refractivity contribution in [3.05, 3.63) is 11.5 Å². The Morgan fingerprint density at radius 1 is 1.04 bits per heavy atom. The Bertz CT molecular complexity index is 742. The van der Waals surface area contributed by atoms with Crippen LogP contribution in [-0.4, -0.2) is 78.6 Å². The molecule has 4 aliphatic heterocycles. The van der Waals surface area contributed by atoms with Crippen LogP contribution < -0.4 is 5.32 Å². The molecule has 5 aliphatic rings. The molecule has 5 fully saturated rings. The number of cyclic esters (lactones) is 1. The zero-order valence-corrected chi connectivity index (χ0v) is 17.0. The number of urea groups is 1. The van der Waals surface area contributed by atoms with E-state index in [0.717, 1.165) is 25.9 Å². The van der Waals surface area contributed by atoms with Crippen molar-refractivity contribution >= 4 is 19.2 Å². The van der Waals surface area contributed by atoms with Crippen LogP contribution in [-0.2, 0) is 14.0 Å². The van der Waals surface area contributed by atoms with Crippen molar-refractivity contribution in [2.75, 3.05) is 32.8 Å². The first-order valence-corrected chi connectivity index (χ1v) is 10.0. The number of carbonyl (C=O) groups excluding carboxylic acids is 2. The molecule has 4 saturated heterocycles. The normalized spacial score (nSPS) is 30.5. The number of amides is 3. The van der Waals surface area contributed by atoms with Crippen molar-refractivity contribution in [1.82, 2.24) is 15.1 Å². The van der Waals surface area contributed by atoms with E-state index in [9.17, 15) is 9.59 Å². The van der Waals surface area contributed by atoms with E-state index >= 15 is 0 Å². The van der Waals surface area contributed by atoms with Gasteiger partial charge >= 0.3 is 19.2 Å². The van der Waals surface area contributed by atoms with Gasteiger partial charge in [-0.2, -0.15) is 0 Å². The van der Waals surface area contributed by atoms with Crippen LogP contribution in [0, 0.1) is 5.41 Å². The Balaban J connectivity index is 1.09. The molecule has 0 bridgehead atoms. The van der Waals surface area contributed by atoms with Crippen molar-refractivity contribution in [2.24, 2.45) is 5.41 Å². The third-order valence-electron chi connectivity index (χ3n) is 7.27. The van der Waals surface area contributed by atoms with Crippen molar-refractivity contribution in [3.63, 3.8) is 0 Å². The fourth-order valence-corrected chi connectivity index (χ4v) is 4.98. The minimum Gasteiger partial charge on any atom is -0.447 e. The summed E-state index contributed by atoms with van der Waals surface area (Å²) in [5.41, 5.74) is 0.616. The molecule has 0 unspecified atom stereocenters. The summed E-state index contributed by atoms with van der Waals surface area (Å²) in [5.74, 6) is 2.12. The minimum atomic E-state index is -0.384. The molecule has 0 radical (unpaired) electrons. The van der Waals surface area contributed by atoms with E-state index in [1.165, 1.54) is 5.57 Å². The van der Waals surface area contributed by atoms with E-state index in [-0.39, 0.29) is 41.4 Å². The van der Waals surface area contributed by atoms with Gasteiger partial charge in [0.25, 0.3) is 0 Å². The van der Waals surface area contributed by atoms with Crippen LogP contribution in [0.15, 0.2) is 11.5 Å². The Labute approximate surface area is 165 Å². The first-order valence-electron chi connectivity index (χ1n) is 10.0. The SMILES string of the molecule is CC1(C)OB(C=C2CC3(C2)CN(C(=O)N2CC4(COC(=O)N4)C2)C3)OC1(C)C. The van der Waals surface area contributed by atoms with Crippen LogP contribution in [0.25, 0.3) is 0 Å². The van der Waals surface area contributed by atoms with Gasteiger partial charge in [0.05, 0.1) is 24.3 Å². The minimum absolute atomic E-state index is 0.0702. The fraction of sp³-hybridized carbons (Fsp3) is 0.789. The first kappa shape index (κ1) is 18.3. The van der Waals surface area contributed by atoms with Gasteiger partial charge in [0, 0.05) is 18.5 Å². The maximum absolute atomic E-state index is 12.6. The van der Waals surface area contributed by atoms with Gasteiger partial charge in [0.15, 0.2) is 0 Å². The number of rotatable bonds is 1. The van der Waals surface area contributed by atoms with Gasteiger partial charge in [0.2, 0.25) is 0 Å². The molecular formula is C19H28BN3O5. The number of allylic oxidation sites excluding steroid dienone is 1. The van der Waals surface area contributed by atoms with Crippen molar-refractivity contribution < 1.29 is 23.6 Å². The second-order valence-electron chi connectivity index (χ2n) is 10.3. The number of hydrogen-bond acceptors (Lipinski definition) is 5. The van der Waals surface area contributed by atoms with Crippen molar-refractivity contribution in [2.45, 2.75) is 57.3 Å². The molecule has 9 heteroatoms. The van der Waals surface area contributed by atoms with Crippen LogP contribution in [0.3, 0.4) is 0 Å². The number of alkyl carbamates (subject to hydrolysis) is 1. The Morgan fingerprint density at radius 2 is 1.61 bits per heavy atom. The number of carbonyl (C=O) groups is 2. The first-order chi connectivity index (χ1) is 13.0. The van der Waals surface area contributed by atoms with Gasteiger partial charge in [0.1, 0.15) is 12.1 Å². The maximum atomic E-state index is 12.6. The quantitative estimate of drug-likeness (QED) is 0.689. The van der Waals surface area contributed by atoms with Crippen LogP contribution >= 0.6 is 0 Å². The summed E-state index contributed by atoms with van der Waals surface area (Å²) >= 11 is 0. The summed E-state index contributed by atoms with van der Waals surface area (Å²) in [6.45, 7) is 11.3.